The minimum atomic E-state index is -0.247. The molecule has 1 aromatic heterocycles. The van der Waals surface area contributed by atoms with Gasteiger partial charge in [-0.15, -0.1) is 11.8 Å². The molecule has 1 saturated heterocycles. The Balaban J connectivity index is 1.54. The van der Waals surface area contributed by atoms with Gasteiger partial charge >= 0.3 is 0 Å². The van der Waals surface area contributed by atoms with Crippen molar-refractivity contribution in [3.63, 3.8) is 0 Å². The predicted molar refractivity (Wildman–Crippen MR) is 117 cm³/mol. The molecule has 0 saturated carbocycles. The average molecular weight is 414 g/mol. The van der Waals surface area contributed by atoms with Crippen LogP contribution in [0.3, 0.4) is 0 Å². The van der Waals surface area contributed by atoms with E-state index in [1.54, 1.807) is 24.4 Å². The van der Waals surface area contributed by atoms with Crippen LogP contribution in [0.25, 0.3) is 0 Å². The molecular weight excluding hydrogens is 385 g/mol. The number of pyridine rings is 1. The van der Waals surface area contributed by atoms with Crippen LogP contribution in [0.1, 0.15) is 42.6 Å². The van der Waals surface area contributed by atoms with Crippen molar-refractivity contribution in [1.29, 1.82) is 0 Å². The number of carbonyl (C=O) groups is 1. The molecule has 1 fully saturated rings. The van der Waals surface area contributed by atoms with E-state index in [1.807, 2.05) is 6.07 Å². The highest BCUT2D eigenvalue weighted by Crippen LogP contribution is 2.24. The van der Waals surface area contributed by atoms with Crippen molar-refractivity contribution in [2.75, 3.05) is 19.6 Å². The second-order valence-corrected chi connectivity index (χ2v) is 8.57. The lowest BCUT2D eigenvalue weighted by molar-refractivity contribution is 0.0910. The highest BCUT2D eigenvalue weighted by atomic mass is 32.2. The molecule has 6 heteroatoms. The van der Waals surface area contributed by atoms with Crippen molar-refractivity contribution in [2.24, 2.45) is 0 Å². The Bertz CT molecular complexity index is 841. The first kappa shape index (κ1) is 21.5. The number of nitrogens with zero attached hydrogens (tertiary/aromatic N) is 2. The van der Waals surface area contributed by atoms with Crippen LogP contribution in [0.15, 0.2) is 59.3 Å². The molecule has 0 aliphatic carbocycles. The van der Waals surface area contributed by atoms with Gasteiger partial charge in [-0.1, -0.05) is 23.8 Å². The second-order valence-electron chi connectivity index (χ2n) is 7.60. The van der Waals surface area contributed by atoms with E-state index in [2.05, 4.69) is 35.1 Å². The third-order valence-corrected chi connectivity index (χ3v) is 6.06. The van der Waals surface area contributed by atoms with E-state index in [-0.39, 0.29) is 17.8 Å². The maximum absolute atomic E-state index is 13.1. The molecule has 154 valence electrons. The standard InChI is InChI=1S/C23H28FN3OS/c1-17(2)9-13-27-14-10-20(11-15-27)26-22(28)21-4-3-12-25-23(21)29-16-18-5-7-19(24)8-6-18/h3-9,12,20H,10-11,13-16H2,1-2H3,(H,26,28). The van der Waals surface area contributed by atoms with Crippen LogP contribution >= 0.6 is 11.8 Å². The number of amides is 1. The Kier molecular flexibility index (Phi) is 7.83. The summed E-state index contributed by atoms with van der Waals surface area (Å²) < 4.78 is 13.1. The van der Waals surface area contributed by atoms with E-state index < -0.39 is 0 Å². The monoisotopic (exact) mass is 413 g/mol. The van der Waals surface area contributed by atoms with E-state index in [4.69, 9.17) is 0 Å². The van der Waals surface area contributed by atoms with Gasteiger partial charge in [0.2, 0.25) is 0 Å². The molecule has 1 aliphatic heterocycles. The van der Waals surface area contributed by atoms with Crippen LogP contribution in [0.5, 0.6) is 0 Å². The molecule has 1 aromatic carbocycles. The largest absolute Gasteiger partial charge is 0.349 e. The summed E-state index contributed by atoms with van der Waals surface area (Å²) in [5.41, 5.74) is 2.94. The van der Waals surface area contributed by atoms with Gasteiger partial charge in [-0.05, 0) is 56.5 Å². The van der Waals surface area contributed by atoms with Crippen molar-refractivity contribution in [1.82, 2.24) is 15.2 Å². The average Bonchev–Trinajstić information content (AvgIpc) is 2.73. The van der Waals surface area contributed by atoms with E-state index in [9.17, 15) is 9.18 Å². The third kappa shape index (κ3) is 6.68. The minimum absolute atomic E-state index is 0.0672. The number of aromatic nitrogens is 1. The Morgan fingerprint density at radius 1 is 1.24 bits per heavy atom. The van der Waals surface area contributed by atoms with E-state index >= 15 is 0 Å². The predicted octanol–water partition coefficient (Wildman–Crippen LogP) is 4.67. The molecule has 1 aliphatic rings. The van der Waals surface area contributed by atoms with Crippen LogP contribution in [-0.2, 0) is 5.75 Å². The lowest BCUT2D eigenvalue weighted by Crippen LogP contribution is -2.44. The number of thioether (sulfide) groups is 1. The first-order valence-electron chi connectivity index (χ1n) is 10.00. The maximum Gasteiger partial charge on any atom is 0.254 e. The van der Waals surface area contributed by atoms with E-state index in [0.29, 0.717) is 16.3 Å². The Morgan fingerprint density at radius 2 is 1.97 bits per heavy atom. The van der Waals surface area contributed by atoms with Gasteiger partial charge in [-0.2, -0.15) is 0 Å². The van der Waals surface area contributed by atoms with Crippen molar-refractivity contribution >= 4 is 17.7 Å². The summed E-state index contributed by atoms with van der Waals surface area (Å²) in [4.78, 5) is 19.7. The number of allylic oxidation sites excluding steroid dienone is 1. The van der Waals surface area contributed by atoms with Crippen molar-refractivity contribution in [2.45, 2.75) is 43.5 Å². The highest BCUT2D eigenvalue weighted by molar-refractivity contribution is 7.98. The topological polar surface area (TPSA) is 45.2 Å². The first-order valence-corrected chi connectivity index (χ1v) is 11.0. The molecule has 0 radical (unpaired) electrons. The molecule has 1 amide bonds. The maximum atomic E-state index is 13.1. The zero-order chi connectivity index (χ0) is 20.6. The fourth-order valence-electron chi connectivity index (χ4n) is 3.25. The summed E-state index contributed by atoms with van der Waals surface area (Å²) in [7, 11) is 0. The summed E-state index contributed by atoms with van der Waals surface area (Å²) in [6, 6.07) is 10.2. The molecular formula is C23H28FN3OS. The first-order chi connectivity index (χ1) is 14.0. The number of nitrogens with one attached hydrogen (secondary N) is 1. The van der Waals surface area contributed by atoms with Gasteiger partial charge in [-0.3, -0.25) is 9.69 Å². The lowest BCUT2D eigenvalue weighted by atomic mass is 10.0. The van der Waals surface area contributed by atoms with Crippen LogP contribution in [0, 0.1) is 5.82 Å². The zero-order valence-electron chi connectivity index (χ0n) is 17.0. The number of halogens is 1. The van der Waals surface area contributed by atoms with Crippen molar-refractivity contribution in [3.05, 3.63) is 71.2 Å². The number of hydrogen-bond acceptors (Lipinski definition) is 4. The van der Waals surface area contributed by atoms with Crippen molar-refractivity contribution in [3.8, 4) is 0 Å². The normalized spacial score (nSPS) is 15.1. The Hall–Kier alpha value is -2.18. The molecule has 0 bridgehead atoms. The summed E-state index contributed by atoms with van der Waals surface area (Å²) >= 11 is 1.50. The van der Waals surface area contributed by atoms with Gasteiger partial charge in [0.25, 0.3) is 5.91 Å². The summed E-state index contributed by atoms with van der Waals surface area (Å²) in [5, 5.41) is 3.89. The molecule has 1 N–H and O–H groups in total. The van der Waals surface area contributed by atoms with Crippen molar-refractivity contribution < 1.29 is 9.18 Å². The van der Waals surface area contributed by atoms with Gasteiger partial charge in [0, 0.05) is 37.6 Å². The molecule has 0 unspecified atom stereocenters. The molecule has 2 heterocycles. The van der Waals surface area contributed by atoms with Gasteiger partial charge in [0.15, 0.2) is 0 Å². The fourth-order valence-corrected chi connectivity index (χ4v) is 4.19. The number of rotatable bonds is 7. The third-order valence-electron chi connectivity index (χ3n) is 4.99. The summed E-state index contributed by atoms with van der Waals surface area (Å²) in [5.74, 6) is 0.325. The molecule has 4 nitrogen and oxygen atoms in total. The SMILES string of the molecule is CC(C)=CCN1CCC(NC(=O)c2cccnc2SCc2ccc(F)cc2)CC1. The van der Waals surface area contributed by atoms with Gasteiger partial charge < -0.3 is 5.32 Å². The quantitative estimate of drug-likeness (QED) is 0.529. The second kappa shape index (κ2) is 10.6. The molecule has 0 spiro atoms. The van der Waals surface area contributed by atoms with E-state index in [1.165, 1.54) is 29.5 Å². The Morgan fingerprint density at radius 3 is 2.66 bits per heavy atom. The lowest BCUT2D eigenvalue weighted by Gasteiger charge is -2.31. The van der Waals surface area contributed by atoms with Gasteiger partial charge in [0.1, 0.15) is 10.8 Å². The molecule has 3 rings (SSSR count). The number of likely N-dealkylation sites (tertiary alicyclic amines) is 1. The van der Waals surface area contributed by atoms with Gasteiger partial charge in [0.05, 0.1) is 5.56 Å². The fraction of sp³-hybridized carbons (Fsp3) is 0.391. The Labute approximate surface area is 176 Å². The smallest absolute Gasteiger partial charge is 0.254 e. The highest BCUT2D eigenvalue weighted by Gasteiger charge is 2.22. The number of piperidine rings is 1. The summed E-state index contributed by atoms with van der Waals surface area (Å²) in [6.45, 7) is 7.21. The van der Waals surface area contributed by atoms with Gasteiger partial charge in [-0.25, -0.2) is 9.37 Å². The molecule has 29 heavy (non-hydrogen) atoms. The molecule has 2 aromatic rings. The minimum Gasteiger partial charge on any atom is -0.349 e. The summed E-state index contributed by atoms with van der Waals surface area (Å²) in [6.07, 6.45) is 5.87. The van der Waals surface area contributed by atoms with E-state index in [0.717, 1.165) is 38.0 Å². The zero-order valence-corrected chi connectivity index (χ0v) is 17.8. The van der Waals surface area contributed by atoms with Crippen LogP contribution in [0.2, 0.25) is 0 Å². The van der Waals surface area contributed by atoms with Crippen LogP contribution in [-0.4, -0.2) is 41.5 Å². The van der Waals surface area contributed by atoms with Crippen LogP contribution in [0.4, 0.5) is 4.39 Å². The number of carbonyl (C=O) groups excluding carboxylic acids is 1. The number of benzene rings is 1. The molecule has 0 atom stereocenters. The van der Waals surface area contributed by atoms with Crippen LogP contribution < -0.4 is 5.32 Å². The number of hydrogen-bond donors (Lipinski definition) is 1.